The number of carbonyl (C=O) groups excluding carboxylic acids is 3. The minimum atomic E-state index is -1.75. The summed E-state index contributed by atoms with van der Waals surface area (Å²) in [5.41, 5.74) is -3.20. The van der Waals surface area contributed by atoms with Crippen molar-refractivity contribution in [2.24, 2.45) is 0 Å². The predicted octanol–water partition coefficient (Wildman–Crippen LogP) is -10.5. The molecule has 0 spiro atoms. The molecule has 6 saturated heterocycles. The van der Waals surface area contributed by atoms with E-state index in [1.165, 1.54) is 42.4 Å². The Balaban J connectivity index is 0.968. The number of thioether (sulfide) groups is 6. The highest BCUT2D eigenvalue weighted by Crippen LogP contribution is 2.34. The predicted molar refractivity (Wildman–Crippen MR) is 361 cm³/mol. The van der Waals surface area contributed by atoms with Crippen LogP contribution in [0.1, 0.15) is 19.3 Å². The van der Waals surface area contributed by atoms with Crippen LogP contribution in [0, 0.1) is 0 Å². The number of hydrogen-bond acceptors (Lipinski definition) is 40. The van der Waals surface area contributed by atoms with E-state index in [4.69, 9.17) is 56.8 Å². The largest absolute Gasteiger partial charge is 0.394 e. The summed E-state index contributed by atoms with van der Waals surface area (Å²) in [6.45, 7) is -2.85. The van der Waals surface area contributed by atoms with Gasteiger partial charge in [-0.05, 0) is 36.5 Å². The van der Waals surface area contributed by atoms with Gasteiger partial charge in [0.05, 0.1) is 56.9 Å². The lowest BCUT2D eigenvalue weighted by Crippen LogP contribution is -2.63. The van der Waals surface area contributed by atoms with Crippen LogP contribution in [0.25, 0.3) is 0 Å². The van der Waals surface area contributed by atoms with Crippen LogP contribution in [0.15, 0.2) is 0 Å². The molecule has 590 valence electrons. The van der Waals surface area contributed by atoms with Gasteiger partial charge in [0.15, 0.2) is 18.9 Å². The Morgan fingerprint density at radius 1 is 0.327 bits per heavy atom. The third-order valence-corrected chi connectivity index (χ3v) is 23.5. The second kappa shape index (κ2) is 46.7. The molecule has 0 aliphatic carbocycles. The van der Waals surface area contributed by atoms with Gasteiger partial charge in [-0.15, -0.1) is 35.3 Å². The van der Waals surface area contributed by atoms with E-state index in [-0.39, 0.29) is 62.6 Å². The molecular weight excluding hydrogens is 1480 g/mol. The van der Waals surface area contributed by atoms with Crippen molar-refractivity contribution < 1.29 is 168 Å². The Bertz CT molecular complexity index is 2340. The molecule has 0 aromatic rings. The van der Waals surface area contributed by atoms with E-state index in [2.05, 4.69) is 16.0 Å². The average molecular weight is 1580 g/mol. The third-order valence-electron chi connectivity index (χ3n) is 16.8. The van der Waals surface area contributed by atoms with Crippen molar-refractivity contribution in [3.63, 3.8) is 0 Å². The molecular formula is C58H103N3O34S6. The third kappa shape index (κ3) is 26.8. The molecule has 101 heavy (non-hydrogen) atoms. The summed E-state index contributed by atoms with van der Waals surface area (Å²) in [4.78, 5) is 37.5. The molecule has 43 heteroatoms. The highest BCUT2D eigenvalue weighted by Gasteiger charge is 2.52. The molecule has 0 saturated carbocycles. The van der Waals surface area contributed by atoms with Crippen molar-refractivity contribution >= 4 is 88.3 Å². The van der Waals surface area contributed by atoms with Gasteiger partial charge in [-0.3, -0.25) is 14.4 Å². The van der Waals surface area contributed by atoms with E-state index in [1.807, 2.05) is 0 Å². The summed E-state index contributed by atoms with van der Waals surface area (Å²) in [5, 5.41) is 206. The van der Waals surface area contributed by atoms with Gasteiger partial charge in [0, 0.05) is 63.8 Å². The van der Waals surface area contributed by atoms with Crippen LogP contribution >= 0.6 is 70.6 Å². The Hall–Kier alpha value is -0.730. The van der Waals surface area contributed by atoms with E-state index < -0.39 is 233 Å². The van der Waals surface area contributed by atoms with Crippen molar-refractivity contribution in [1.82, 2.24) is 16.0 Å². The minimum Gasteiger partial charge on any atom is -0.394 e. The second-order valence-electron chi connectivity index (χ2n) is 24.1. The number of rotatable bonds is 44. The highest BCUT2D eigenvalue weighted by molar-refractivity contribution is 8.01. The van der Waals surface area contributed by atoms with Crippen molar-refractivity contribution in [3.8, 4) is 0 Å². The molecule has 22 N–H and O–H groups in total. The smallest absolute Gasteiger partial charge is 0.230 e. The second-order valence-corrected chi connectivity index (χ2v) is 31.1. The number of amides is 3. The molecule has 0 aromatic carbocycles. The molecule has 6 heterocycles. The van der Waals surface area contributed by atoms with Crippen LogP contribution in [0.3, 0.4) is 0 Å². The van der Waals surface area contributed by atoms with E-state index in [0.29, 0.717) is 53.8 Å². The number of methoxy groups -OCH3 is 1. The molecule has 0 radical (unpaired) electrons. The Kier molecular flexibility index (Phi) is 41.2. The average Bonchev–Trinajstić information content (AvgIpc) is 0.802. The number of carbonyl (C=O) groups is 3. The molecule has 8 unspecified atom stereocenters. The normalized spacial score (nSPS) is 39.2. The summed E-state index contributed by atoms with van der Waals surface area (Å²) < 4.78 is 70.1. The summed E-state index contributed by atoms with van der Waals surface area (Å²) in [6.07, 6.45) is -38.3. The highest BCUT2D eigenvalue weighted by atomic mass is 32.2. The maximum absolute atomic E-state index is 12.6. The van der Waals surface area contributed by atoms with Crippen LogP contribution in [-0.4, -0.2) is 434 Å². The van der Waals surface area contributed by atoms with Gasteiger partial charge in [0.25, 0.3) is 0 Å². The van der Waals surface area contributed by atoms with E-state index >= 15 is 0 Å². The van der Waals surface area contributed by atoms with Gasteiger partial charge >= 0.3 is 0 Å². The maximum Gasteiger partial charge on any atom is 0.230 e. The minimum absolute atomic E-state index is 0.00696. The van der Waals surface area contributed by atoms with Crippen molar-refractivity contribution in [1.29, 1.82) is 0 Å². The zero-order valence-electron chi connectivity index (χ0n) is 55.4. The number of nitrogens with one attached hydrogen (secondary N) is 3. The SMILES string of the molecule is CO[C@H]1O[C@H](CO[C@H]2O[C@H](CO[C@H]3O[C@H](CO)[C@@H](O)[C@H](O)[C@H]3OCCCSCCNC(=O)CS[C@H]3OC(CO)[C@@H](O)C(O)C3O)[C@@H](O)[C@H](O)[C@H]2OCCCSCCNC(=O)CS[C@H]2OC(CO)[C@@H](O)[C@H](O)C2O)[C@@H](O)[C@H](O)[C@H]1OCCCSCCNC(=O)CS[C@H]1OC(CO)[C@@H](O)C(O)C1O. The molecule has 0 bridgehead atoms. The molecule has 0 aromatic heterocycles. The lowest BCUT2D eigenvalue weighted by Gasteiger charge is -2.45. The summed E-state index contributed by atoms with van der Waals surface area (Å²) in [5.74, 6) is 1.33. The Labute approximate surface area is 608 Å². The Morgan fingerprint density at radius 2 is 0.594 bits per heavy atom. The van der Waals surface area contributed by atoms with Gasteiger partial charge in [-0.2, -0.15) is 35.3 Å². The van der Waals surface area contributed by atoms with Crippen molar-refractivity contribution in [3.05, 3.63) is 0 Å². The zero-order chi connectivity index (χ0) is 73.9. The Morgan fingerprint density at radius 3 is 0.901 bits per heavy atom. The number of aliphatic hydroxyl groups is 19. The first-order valence-electron chi connectivity index (χ1n) is 33.0. The van der Waals surface area contributed by atoms with Gasteiger partial charge in [-0.25, -0.2) is 0 Å². The lowest BCUT2D eigenvalue weighted by atomic mass is 9.97. The van der Waals surface area contributed by atoms with Crippen molar-refractivity contribution in [2.45, 2.75) is 201 Å². The standard InChI is InChI=1S/C58H103N3O34S6/c1-84-53-50(85-8-2-11-96-14-5-59-32(66)23-99-56-47(81)41(75)35(69)27(18-63)93-56)45(79)39(73)30(91-53)21-89-55-52(87-10-4-13-98-16-7-61-34(68)25-101-58-49(83)43(77)37(71)29(20-65)95-58)46(80)40(74)31(92-55)22-88-54-51(44(78)38(72)26(17-62)90-54)86-9-3-12-97-15-6-60-33(67)24-100-57-48(82)42(76)36(70)28(19-64)94-57/h26-31,35-58,62-65,69-83H,2-25H2,1H3,(H,59,66)(H,60,67)(H,61,68)/t26-,27?,28?,29?,30-,31-,35-,36-,37-,38-,39-,40-,41?,42?,43+,44+,45+,46+,47?,48?,49?,50-,51-,52-,53+,54+,55+,56-,57-,58-/m1/s1. The van der Waals surface area contributed by atoms with Gasteiger partial charge in [0.1, 0.15) is 163 Å². The summed E-state index contributed by atoms with van der Waals surface area (Å²) in [6, 6.07) is 0. The van der Waals surface area contributed by atoms with Gasteiger partial charge in [-0.1, -0.05) is 0 Å². The maximum atomic E-state index is 12.6. The fourth-order valence-electron chi connectivity index (χ4n) is 11.0. The van der Waals surface area contributed by atoms with E-state index in [0.717, 1.165) is 35.3 Å². The first-order valence-corrected chi connectivity index (χ1v) is 39.6. The molecule has 6 aliphatic rings. The van der Waals surface area contributed by atoms with Crippen LogP contribution in [0.4, 0.5) is 0 Å². The lowest BCUT2D eigenvalue weighted by molar-refractivity contribution is -0.348. The fourth-order valence-corrected chi connectivity index (χ4v) is 16.3. The topological polar surface area (TPSA) is 582 Å². The molecule has 3 amide bonds. The van der Waals surface area contributed by atoms with Crippen LogP contribution in [-0.2, 0) is 71.2 Å². The molecule has 6 aliphatic heterocycles. The molecule has 30 atom stereocenters. The molecule has 6 fully saturated rings. The van der Waals surface area contributed by atoms with Crippen LogP contribution < -0.4 is 16.0 Å². The van der Waals surface area contributed by atoms with Crippen LogP contribution in [0.2, 0.25) is 0 Å². The number of hydrogen-bond donors (Lipinski definition) is 22. The monoisotopic (exact) mass is 1580 g/mol. The fraction of sp³-hybridized carbons (Fsp3) is 0.948. The van der Waals surface area contributed by atoms with Crippen molar-refractivity contribution in [2.75, 3.05) is 138 Å². The van der Waals surface area contributed by atoms with Gasteiger partial charge < -0.3 is 170 Å². The first-order chi connectivity index (χ1) is 48.4. The first kappa shape index (κ1) is 89.2. The zero-order valence-corrected chi connectivity index (χ0v) is 60.3. The number of ether oxygens (including phenoxy) is 12. The molecule has 37 nitrogen and oxygen atoms in total. The summed E-state index contributed by atoms with van der Waals surface area (Å²) >= 11 is 7.06. The summed E-state index contributed by atoms with van der Waals surface area (Å²) in [7, 11) is 1.29. The van der Waals surface area contributed by atoms with E-state index in [1.54, 1.807) is 0 Å². The molecule has 6 rings (SSSR count). The van der Waals surface area contributed by atoms with E-state index in [9.17, 15) is 111 Å². The van der Waals surface area contributed by atoms with Gasteiger partial charge in [0.2, 0.25) is 17.7 Å². The quantitative estimate of drug-likeness (QED) is 0.0252. The number of aliphatic hydroxyl groups excluding tert-OH is 19. The van der Waals surface area contributed by atoms with Crippen LogP contribution in [0.5, 0.6) is 0 Å².